The quantitative estimate of drug-likeness (QED) is 0.927. The van der Waals surface area contributed by atoms with E-state index in [1.165, 1.54) is 32.2 Å². The SMILES string of the molecule is CC(C)(C(=O)O)n1ccc2c(Cl)cc(Cl)cc2c1=O. The lowest BCUT2D eigenvalue weighted by molar-refractivity contribution is -0.145. The zero-order valence-corrected chi connectivity index (χ0v) is 11.8. The van der Waals surface area contributed by atoms with Gasteiger partial charge in [-0.2, -0.15) is 0 Å². The van der Waals surface area contributed by atoms with E-state index in [1.807, 2.05) is 0 Å². The van der Waals surface area contributed by atoms with Crippen LogP contribution in [0.2, 0.25) is 10.0 Å². The Hall–Kier alpha value is -1.52. The Labute approximate surface area is 119 Å². The summed E-state index contributed by atoms with van der Waals surface area (Å²) in [6.07, 6.45) is 1.43. The van der Waals surface area contributed by atoms with Crippen LogP contribution in [0.15, 0.2) is 29.2 Å². The molecule has 1 aromatic heterocycles. The molecule has 2 aromatic rings. The Kier molecular flexibility index (Phi) is 3.32. The van der Waals surface area contributed by atoms with Gasteiger partial charge in [0.2, 0.25) is 0 Å². The maximum atomic E-state index is 12.4. The lowest BCUT2D eigenvalue weighted by Crippen LogP contribution is -2.42. The smallest absolute Gasteiger partial charge is 0.329 e. The summed E-state index contributed by atoms with van der Waals surface area (Å²) in [5, 5.41) is 10.7. The summed E-state index contributed by atoms with van der Waals surface area (Å²) in [5.41, 5.74) is -1.78. The molecular weight excluding hydrogens is 289 g/mol. The van der Waals surface area contributed by atoms with Gasteiger partial charge in [0.05, 0.1) is 10.4 Å². The Bertz CT molecular complexity index is 734. The molecule has 2 rings (SSSR count). The molecule has 100 valence electrons. The summed E-state index contributed by atoms with van der Waals surface area (Å²) in [6.45, 7) is 2.91. The molecule has 4 nitrogen and oxygen atoms in total. The Morgan fingerprint density at radius 1 is 1.26 bits per heavy atom. The van der Waals surface area contributed by atoms with Gasteiger partial charge in [0.25, 0.3) is 5.56 Å². The monoisotopic (exact) mass is 299 g/mol. The highest BCUT2D eigenvalue weighted by Gasteiger charge is 2.30. The lowest BCUT2D eigenvalue weighted by atomic mass is 10.0. The number of hydrogen-bond acceptors (Lipinski definition) is 2. The molecule has 1 aromatic carbocycles. The van der Waals surface area contributed by atoms with Crippen LogP contribution in [0, 0.1) is 0 Å². The molecule has 0 unspecified atom stereocenters. The summed E-state index contributed by atoms with van der Waals surface area (Å²) in [4.78, 5) is 23.6. The molecular formula is C13H11Cl2NO3. The zero-order chi connectivity index (χ0) is 14.4. The molecule has 0 saturated carbocycles. The fraction of sp³-hybridized carbons (Fsp3) is 0.231. The van der Waals surface area contributed by atoms with Crippen molar-refractivity contribution in [3.63, 3.8) is 0 Å². The van der Waals surface area contributed by atoms with E-state index in [4.69, 9.17) is 23.2 Å². The second-order valence-electron chi connectivity index (χ2n) is 4.70. The van der Waals surface area contributed by atoms with E-state index in [2.05, 4.69) is 0 Å². The topological polar surface area (TPSA) is 59.3 Å². The Morgan fingerprint density at radius 3 is 2.47 bits per heavy atom. The number of hydrogen-bond donors (Lipinski definition) is 1. The minimum absolute atomic E-state index is 0.300. The van der Waals surface area contributed by atoms with Crippen LogP contribution in [0.3, 0.4) is 0 Å². The normalized spacial score (nSPS) is 11.8. The molecule has 1 N–H and O–H groups in total. The summed E-state index contributed by atoms with van der Waals surface area (Å²) >= 11 is 11.9. The van der Waals surface area contributed by atoms with Crippen molar-refractivity contribution in [1.29, 1.82) is 0 Å². The highest BCUT2D eigenvalue weighted by atomic mass is 35.5. The van der Waals surface area contributed by atoms with E-state index >= 15 is 0 Å². The number of halogens is 2. The van der Waals surface area contributed by atoms with Crippen molar-refractivity contribution in [3.05, 3.63) is 44.8 Å². The number of carboxylic acids is 1. The lowest BCUT2D eigenvalue weighted by Gasteiger charge is -2.23. The number of nitrogens with zero attached hydrogens (tertiary/aromatic N) is 1. The molecule has 0 radical (unpaired) electrons. The molecule has 0 spiro atoms. The van der Waals surface area contributed by atoms with Crippen LogP contribution in [0.5, 0.6) is 0 Å². The fourth-order valence-electron chi connectivity index (χ4n) is 1.82. The van der Waals surface area contributed by atoms with E-state index in [-0.39, 0.29) is 0 Å². The maximum Gasteiger partial charge on any atom is 0.329 e. The molecule has 0 bridgehead atoms. The molecule has 0 amide bonds. The average molecular weight is 300 g/mol. The second kappa shape index (κ2) is 4.54. The van der Waals surface area contributed by atoms with Crippen LogP contribution in [-0.4, -0.2) is 15.6 Å². The van der Waals surface area contributed by atoms with Crippen molar-refractivity contribution < 1.29 is 9.90 Å². The predicted molar refractivity (Wildman–Crippen MR) is 75.2 cm³/mol. The molecule has 6 heteroatoms. The van der Waals surface area contributed by atoms with Gasteiger partial charge >= 0.3 is 5.97 Å². The van der Waals surface area contributed by atoms with Gasteiger partial charge in [0, 0.05) is 16.6 Å². The number of rotatable bonds is 2. The largest absolute Gasteiger partial charge is 0.480 e. The first kappa shape index (κ1) is 13.9. The van der Waals surface area contributed by atoms with Gasteiger partial charge in [-0.25, -0.2) is 4.79 Å². The number of carboxylic acid groups (broad SMARTS) is 1. The zero-order valence-electron chi connectivity index (χ0n) is 10.3. The highest BCUT2D eigenvalue weighted by molar-refractivity contribution is 6.38. The summed E-state index contributed by atoms with van der Waals surface area (Å²) in [5.74, 6) is -1.10. The van der Waals surface area contributed by atoms with Crippen LogP contribution in [-0.2, 0) is 10.3 Å². The third-order valence-corrected chi connectivity index (χ3v) is 3.59. The number of pyridine rings is 1. The van der Waals surface area contributed by atoms with E-state index in [9.17, 15) is 14.7 Å². The van der Waals surface area contributed by atoms with Crippen LogP contribution in [0.1, 0.15) is 13.8 Å². The molecule has 0 saturated heterocycles. The van der Waals surface area contributed by atoms with Crippen molar-refractivity contribution in [2.24, 2.45) is 0 Å². The predicted octanol–water partition coefficient (Wildman–Crippen LogP) is 3.13. The van der Waals surface area contributed by atoms with Crippen molar-refractivity contribution in [1.82, 2.24) is 4.57 Å². The first-order valence-electron chi connectivity index (χ1n) is 5.49. The summed E-state index contributed by atoms with van der Waals surface area (Å²) < 4.78 is 1.16. The fourth-order valence-corrected chi connectivity index (χ4v) is 2.38. The van der Waals surface area contributed by atoms with Gasteiger partial charge in [0.15, 0.2) is 0 Å². The van der Waals surface area contributed by atoms with Gasteiger partial charge < -0.3 is 5.11 Å². The number of carbonyl (C=O) groups is 1. The van der Waals surface area contributed by atoms with Crippen LogP contribution < -0.4 is 5.56 Å². The summed E-state index contributed by atoms with van der Waals surface area (Å²) in [7, 11) is 0. The van der Waals surface area contributed by atoms with Gasteiger partial charge in [-0.05, 0) is 32.0 Å². The minimum atomic E-state index is -1.35. The highest BCUT2D eigenvalue weighted by Crippen LogP contribution is 2.26. The molecule has 1 heterocycles. The third-order valence-electron chi connectivity index (χ3n) is 3.06. The Morgan fingerprint density at radius 2 is 1.89 bits per heavy atom. The maximum absolute atomic E-state index is 12.4. The van der Waals surface area contributed by atoms with E-state index in [0.717, 1.165) is 4.57 Å². The van der Waals surface area contributed by atoms with Gasteiger partial charge in [-0.3, -0.25) is 9.36 Å². The Balaban J connectivity index is 2.86. The molecule has 0 fully saturated rings. The number of fused-ring (bicyclic) bond motifs is 1. The van der Waals surface area contributed by atoms with E-state index in [1.54, 1.807) is 6.07 Å². The average Bonchev–Trinajstić information content (AvgIpc) is 2.29. The third kappa shape index (κ3) is 2.22. The van der Waals surface area contributed by atoms with E-state index in [0.29, 0.717) is 20.8 Å². The van der Waals surface area contributed by atoms with Gasteiger partial charge in [-0.15, -0.1) is 0 Å². The summed E-state index contributed by atoms with van der Waals surface area (Å²) in [6, 6.07) is 4.64. The molecule has 0 atom stereocenters. The van der Waals surface area contributed by atoms with Crippen LogP contribution in [0.25, 0.3) is 10.8 Å². The number of benzene rings is 1. The second-order valence-corrected chi connectivity index (χ2v) is 5.55. The molecule has 0 aliphatic heterocycles. The van der Waals surface area contributed by atoms with Gasteiger partial charge in [0.1, 0.15) is 5.54 Å². The molecule has 0 aliphatic carbocycles. The van der Waals surface area contributed by atoms with Gasteiger partial charge in [-0.1, -0.05) is 23.2 Å². The molecule has 19 heavy (non-hydrogen) atoms. The standard InChI is InChI=1S/C13H11Cl2NO3/c1-13(2,12(18)19)16-4-3-8-9(11(16)17)5-7(14)6-10(8)15/h3-6H,1-2H3,(H,18,19). The number of aliphatic carboxylic acids is 1. The van der Waals surface area contributed by atoms with E-state index < -0.39 is 17.1 Å². The van der Waals surface area contributed by atoms with Crippen molar-refractivity contribution in [3.8, 4) is 0 Å². The van der Waals surface area contributed by atoms with Crippen LogP contribution in [0.4, 0.5) is 0 Å². The van der Waals surface area contributed by atoms with Crippen molar-refractivity contribution >= 4 is 39.9 Å². The number of aromatic nitrogens is 1. The minimum Gasteiger partial charge on any atom is -0.480 e. The van der Waals surface area contributed by atoms with Crippen molar-refractivity contribution in [2.75, 3.05) is 0 Å². The van der Waals surface area contributed by atoms with Crippen LogP contribution >= 0.6 is 23.2 Å². The molecule has 0 aliphatic rings. The first-order chi connectivity index (χ1) is 8.75. The van der Waals surface area contributed by atoms with Crippen molar-refractivity contribution in [2.45, 2.75) is 19.4 Å². The first-order valence-corrected chi connectivity index (χ1v) is 6.25.